The van der Waals surface area contributed by atoms with Crippen molar-refractivity contribution in [2.75, 3.05) is 45.9 Å². The van der Waals surface area contributed by atoms with Crippen molar-refractivity contribution in [3.8, 4) is 16.9 Å². The molecule has 2 heterocycles. The monoisotopic (exact) mass is 572 g/mol. The number of nitrogens with zero attached hydrogens (tertiary/aromatic N) is 2. The number of hydrogen-bond acceptors (Lipinski definition) is 4. The molecule has 0 amide bonds. The molecule has 0 saturated carbocycles. The van der Waals surface area contributed by atoms with Crippen molar-refractivity contribution >= 4 is 17.7 Å². The zero-order valence-corrected chi connectivity index (χ0v) is 25.8. The summed E-state index contributed by atoms with van der Waals surface area (Å²) in [6, 6.07) is 17.3. The highest BCUT2D eigenvalue weighted by molar-refractivity contribution is 6.32. The maximum Gasteiger partial charge on any atom is 0.138 e. The lowest BCUT2D eigenvalue weighted by Crippen LogP contribution is -2.36. The van der Waals surface area contributed by atoms with Gasteiger partial charge in [0.2, 0.25) is 0 Å². The molecule has 0 N–H and O–H groups in total. The average molecular weight is 573 g/mol. The molecule has 5 rings (SSSR count). The number of rotatable bonds is 10. The van der Waals surface area contributed by atoms with E-state index < -0.39 is 0 Å². The van der Waals surface area contributed by atoms with E-state index >= 15 is 0 Å². The lowest BCUT2D eigenvalue weighted by molar-refractivity contribution is 0.0387. The lowest BCUT2D eigenvalue weighted by Gasteiger charge is -2.27. The Kier molecular flexibility index (Phi) is 10.6. The highest BCUT2D eigenvalue weighted by atomic mass is 35.5. The molecular weight excluding hydrogens is 528 g/mol. The van der Waals surface area contributed by atoms with Crippen molar-refractivity contribution in [2.24, 2.45) is 0 Å². The summed E-state index contributed by atoms with van der Waals surface area (Å²) < 4.78 is 11.8. The van der Waals surface area contributed by atoms with Crippen LogP contribution in [0.3, 0.4) is 0 Å². The predicted octanol–water partition coefficient (Wildman–Crippen LogP) is 8.23. The number of ether oxygens (including phenoxy) is 2. The van der Waals surface area contributed by atoms with E-state index in [2.05, 4.69) is 91.3 Å². The highest BCUT2D eigenvalue weighted by Gasteiger charge is 2.15. The third-order valence-corrected chi connectivity index (χ3v) is 9.04. The van der Waals surface area contributed by atoms with Gasteiger partial charge < -0.3 is 9.47 Å². The van der Waals surface area contributed by atoms with Gasteiger partial charge in [-0.3, -0.25) is 9.80 Å². The molecule has 3 aromatic rings. The summed E-state index contributed by atoms with van der Waals surface area (Å²) >= 11 is 6.73. The van der Waals surface area contributed by atoms with E-state index in [4.69, 9.17) is 21.1 Å². The van der Waals surface area contributed by atoms with Gasteiger partial charge >= 0.3 is 0 Å². The molecular formula is C36H45ClN2O2. The van der Waals surface area contributed by atoms with Crippen molar-refractivity contribution in [3.05, 3.63) is 93.0 Å². The van der Waals surface area contributed by atoms with Gasteiger partial charge in [-0.15, -0.1) is 0 Å². The topological polar surface area (TPSA) is 24.9 Å². The van der Waals surface area contributed by atoms with Gasteiger partial charge in [0.05, 0.1) is 18.2 Å². The molecule has 0 atom stereocenters. The van der Waals surface area contributed by atoms with Crippen molar-refractivity contribution in [1.82, 2.24) is 9.80 Å². The zero-order chi connectivity index (χ0) is 28.6. The van der Waals surface area contributed by atoms with Gasteiger partial charge in [0, 0.05) is 26.2 Å². The van der Waals surface area contributed by atoms with Gasteiger partial charge in [0.25, 0.3) is 0 Å². The molecule has 0 aromatic heterocycles. The summed E-state index contributed by atoms with van der Waals surface area (Å²) in [6.45, 7) is 15.3. The van der Waals surface area contributed by atoms with Crippen LogP contribution in [0, 0.1) is 20.8 Å². The summed E-state index contributed by atoms with van der Waals surface area (Å²) in [7, 11) is 0. The second-order valence-corrected chi connectivity index (χ2v) is 12.0. The van der Waals surface area contributed by atoms with Crippen LogP contribution in [-0.4, -0.2) is 55.7 Å². The Morgan fingerprint density at radius 2 is 1.56 bits per heavy atom. The van der Waals surface area contributed by atoms with Crippen LogP contribution in [0.25, 0.3) is 17.2 Å². The van der Waals surface area contributed by atoms with Crippen molar-refractivity contribution < 1.29 is 9.47 Å². The molecule has 0 spiro atoms. The van der Waals surface area contributed by atoms with E-state index in [1.165, 1.54) is 76.9 Å². The van der Waals surface area contributed by atoms with Crippen LogP contribution >= 0.6 is 11.6 Å². The fourth-order valence-electron chi connectivity index (χ4n) is 6.04. The van der Waals surface area contributed by atoms with E-state index in [1.807, 2.05) is 0 Å². The Hall–Kier alpha value is -2.63. The maximum atomic E-state index is 6.73. The quantitative estimate of drug-likeness (QED) is 0.244. The van der Waals surface area contributed by atoms with E-state index in [0.717, 1.165) is 51.6 Å². The third kappa shape index (κ3) is 7.81. The molecule has 2 saturated heterocycles. The highest BCUT2D eigenvalue weighted by Crippen LogP contribution is 2.33. The summed E-state index contributed by atoms with van der Waals surface area (Å²) in [5.74, 6) is 0.761. The SMILES string of the molecule is Cc1cc(OCc2cccc(-c3cccc(/C=C/CCN4CCOCC4)c3C)c2C)c(Cl)cc1CN1CCCCC1. The van der Waals surface area contributed by atoms with Gasteiger partial charge in [0.1, 0.15) is 12.4 Å². The first-order chi connectivity index (χ1) is 20.0. The standard InChI is InChI=1S/C36H45ClN2O2/c1-27-23-36(35(37)24-32(27)25-39-17-6-4-7-18-39)41-26-31-13-10-15-34(29(31)3)33-14-9-12-30(28(33)2)11-5-8-16-38-19-21-40-22-20-38/h5,9-15,23-24H,4,6-8,16-22,25-26H2,1-3H3/b11-5+. The van der Waals surface area contributed by atoms with Crippen LogP contribution in [-0.2, 0) is 17.9 Å². The number of morpholine rings is 1. The fourth-order valence-corrected chi connectivity index (χ4v) is 6.28. The first-order valence-electron chi connectivity index (χ1n) is 15.3. The number of aryl methyl sites for hydroxylation is 1. The maximum absolute atomic E-state index is 6.73. The number of halogens is 1. The molecule has 41 heavy (non-hydrogen) atoms. The number of benzene rings is 3. The Balaban J connectivity index is 1.25. The molecule has 2 aliphatic heterocycles. The Morgan fingerprint density at radius 3 is 2.34 bits per heavy atom. The van der Waals surface area contributed by atoms with Gasteiger partial charge in [-0.25, -0.2) is 0 Å². The van der Waals surface area contributed by atoms with Gasteiger partial charge in [0.15, 0.2) is 0 Å². The van der Waals surface area contributed by atoms with Crippen LogP contribution in [0.15, 0.2) is 54.6 Å². The van der Waals surface area contributed by atoms with E-state index in [1.54, 1.807) is 0 Å². The summed E-state index contributed by atoms with van der Waals surface area (Å²) in [5, 5.41) is 0.695. The molecule has 0 aliphatic carbocycles. The Bertz CT molecular complexity index is 1340. The molecule has 5 heteroatoms. The molecule has 2 fully saturated rings. The van der Waals surface area contributed by atoms with Crippen LogP contribution < -0.4 is 4.74 Å². The first kappa shape index (κ1) is 29.8. The second-order valence-electron chi connectivity index (χ2n) is 11.6. The summed E-state index contributed by atoms with van der Waals surface area (Å²) in [6.07, 6.45) is 9.58. The number of likely N-dealkylation sites (tertiary alicyclic amines) is 1. The van der Waals surface area contributed by atoms with E-state index in [9.17, 15) is 0 Å². The van der Waals surface area contributed by atoms with Crippen molar-refractivity contribution in [3.63, 3.8) is 0 Å². The fraction of sp³-hybridized carbons (Fsp3) is 0.444. The number of hydrogen-bond donors (Lipinski definition) is 0. The normalized spacial score (nSPS) is 16.9. The Labute approximate surface area is 251 Å². The van der Waals surface area contributed by atoms with Gasteiger partial charge in [-0.1, -0.05) is 66.6 Å². The average Bonchev–Trinajstić information content (AvgIpc) is 2.99. The summed E-state index contributed by atoms with van der Waals surface area (Å²) in [4.78, 5) is 5.02. The first-order valence-corrected chi connectivity index (χ1v) is 15.7. The smallest absolute Gasteiger partial charge is 0.138 e. The minimum absolute atomic E-state index is 0.491. The van der Waals surface area contributed by atoms with Gasteiger partial charge in [-0.05, 0) is 110 Å². The predicted molar refractivity (Wildman–Crippen MR) is 172 cm³/mol. The molecule has 2 aliphatic rings. The molecule has 218 valence electrons. The molecule has 0 unspecified atom stereocenters. The van der Waals surface area contributed by atoms with Gasteiger partial charge in [-0.2, -0.15) is 0 Å². The minimum Gasteiger partial charge on any atom is -0.487 e. The zero-order valence-electron chi connectivity index (χ0n) is 25.1. The lowest BCUT2D eigenvalue weighted by atomic mass is 9.91. The minimum atomic E-state index is 0.491. The van der Waals surface area contributed by atoms with E-state index in [0.29, 0.717) is 11.6 Å². The summed E-state index contributed by atoms with van der Waals surface area (Å²) in [5.41, 5.74) is 10.1. The van der Waals surface area contributed by atoms with Crippen LogP contribution in [0.4, 0.5) is 0 Å². The van der Waals surface area contributed by atoms with Crippen LogP contribution in [0.5, 0.6) is 5.75 Å². The molecule has 4 nitrogen and oxygen atoms in total. The Morgan fingerprint density at radius 1 is 0.829 bits per heavy atom. The molecule has 0 radical (unpaired) electrons. The van der Waals surface area contributed by atoms with E-state index in [-0.39, 0.29) is 0 Å². The van der Waals surface area contributed by atoms with Crippen LogP contribution in [0.2, 0.25) is 5.02 Å². The third-order valence-electron chi connectivity index (χ3n) is 8.74. The van der Waals surface area contributed by atoms with Crippen LogP contribution in [0.1, 0.15) is 59.1 Å². The second kappa shape index (κ2) is 14.5. The van der Waals surface area contributed by atoms with Crippen molar-refractivity contribution in [1.29, 1.82) is 0 Å². The number of piperidine rings is 1. The van der Waals surface area contributed by atoms with Crippen molar-refractivity contribution in [2.45, 2.75) is 59.6 Å². The molecule has 0 bridgehead atoms. The largest absolute Gasteiger partial charge is 0.487 e. The molecule has 3 aromatic carbocycles.